The molecular weight excluding hydrogens is 274 g/mol. The van der Waals surface area contributed by atoms with Gasteiger partial charge in [0, 0.05) is 32.3 Å². The van der Waals surface area contributed by atoms with E-state index in [4.69, 9.17) is 0 Å². The van der Waals surface area contributed by atoms with E-state index in [1.807, 2.05) is 43.3 Å². The number of hydrogen-bond donors (Lipinski definition) is 0. The Labute approximate surface area is 131 Å². The van der Waals surface area contributed by atoms with Crippen molar-refractivity contribution >= 4 is 5.91 Å². The molecule has 3 rings (SSSR count). The van der Waals surface area contributed by atoms with Gasteiger partial charge in [-0.25, -0.2) is 4.98 Å². The smallest absolute Gasteiger partial charge is 0.227 e. The van der Waals surface area contributed by atoms with Gasteiger partial charge in [-0.3, -0.25) is 4.79 Å². The van der Waals surface area contributed by atoms with Gasteiger partial charge in [-0.1, -0.05) is 24.3 Å². The molecule has 1 aliphatic rings. The zero-order valence-electron chi connectivity index (χ0n) is 13.5. The lowest BCUT2D eigenvalue weighted by molar-refractivity contribution is -0.129. The lowest BCUT2D eigenvalue weighted by Crippen LogP contribution is -2.30. The highest BCUT2D eigenvalue weighted by molar-refractivity contribution is 5.79. The van der Waals surface area contributed by atoms with E-state index in [1.165, 1.54) is 5.56 Å². The Bertz CT molecular complexity index is 689. The van der Waals surface area contributed by atoms with E-state index in [0.29, 0.717) is 12.3 Å². The Morgan fingerprint density at radius 2 is 2.09 bits per heavy atom. The Balaban J connectivity index is 1.66. The zero-order chi connectivity index (χ0) is 15.7. The molecule has 1 fully saturated rings. The van der Waals surface area contributed by atoms with E-state index in [0.717, 1.165) is 36.6 Å². The highest BCUT2D eigenvalue weighted by Gasteiger charge is 2.29. The standard InChI is InChI=1S/C18H23N3O/c1-13-6-4-5-7-15(13)10-17(22)21-9-8-16(12-21)18-19-14(2)11-20(18)3/h4-7,11,16H,8-10,12H2,1-3H3. The second-order valence-electron chi connectivity index (χ2n) is 6.28. The number of hydrogen-bond acceptors (Lipinski definition) is 2. The summed E-state index contributed by atoms with van der Waals surface area (Å²) in [5, 5.41) is 0. The van der Waals surface area contributed by atoms with Crippen LogP contribution in [0.4, 0.5) is 0 Å². The number of carbonyl (C=O) groups excluding carboxylic acids is 1. The Morgan fingerprint density at radius 1 is 1.32 bits per heavy atom. The molecule has 2 aromatic rings. The third-order valence-electron chi connectivity index (χ3n) is 4.54. The number of aryl methyl sites for hydroxylation is 3. The predicted octanol–water partition coefficient (Wildman–Crippen LogP) is 2.60. The summed E-state index contributed by atoms with van der Waals surface area (Å²) in [6.45, 7) is 5.70. The van der Waals surface area contributed by atoms with Crippen LogP contribution >= 0.6 is 0 Å². The molecule has 4 nitrogen and oxygen atoms in total. The summed E-state index contributed by atoms with van der Waals surface area (Å²) in [6, 6.07) is 8.12. The predicted molar refractivity (Wildman–Crippen MR) is 86.8 cm³/mol. The van der Waals surface area contributed by atoms with Crippen LogP contribution in [-0.4, -0.2) is 33.4 Å². The number of benzene rings is 1. The van der Waals surface area contributed by atoms with Crippen molar-refractivity contribution in [2.24, 2.45) is 7.05 Å². The van der Waals surface area contributed by atoms with Gasteiger partial charge in [0.05, 0.1) is 12.1 Å². The Morgan fingerprint density at radius 3 is 2.77 bits per heavy atom. The summed E-state index contributed by atoms with van der Waals surface area (Å²) in [4.78, 5) is 19.1. The maximum Gasteiger partial charge on any atom is 0.227 e. The van der Waals surface area contributed by atoms with E-state index >= 15 is 0 Å². The first-order valence-corrected chi connectivity index (χ1v) is 7.86. The number of rotatable bonds is 3. The van der Waals surface area contributed by atoms with Crippen molar-refractivity contribution < 1.29 is 4.79 Å². The van der Waals surface area contributed by atoms with Crippen LogP contribution in [0.3, 0.4) is 0 Å². The summed E-state index contributed by atoms with van der Waals surface area (Å²) in [5.74, 6) is 1.69. The third-order valence-corrected chi connectivity index (χ3v) is 4.54. The topological polar surface area (TPSA) is 38.1 Å². The Kier molecular flexibility index (Phi) is 4.01. The quantitative estimate of drug-likeness (QED) is 0.873. The van der Waals surface area contributed by atoms with Gasteiger partial charge in [-0.2, -0.15) is 0 Å². The van der Waals surface area contributed by atoms with Gasteiger partial charge >= 0.3 is 0 Å². The van der Waals surface area contributed by atoms with Crippen LogP contribution in [0.25, 0.3) is 0 Å². The molecule has 4 heteroatoms. The minimum absolute atomic E-state index is 0.225. The van der Waals surface area contributed by atoms with Crippen molar-refractivity contribution in [3.63, 3.8) is 0 Å². The van der Waals surface area contributed by atoms with E-state index in [-0.39, 0.29) is 5.91 Å². The van der Waals surface area contributed by atoms with Gasteiger partial charge in [-0.05, 0) is 31.4 Å². The number of likely N-dealkylation sites (tertiary alicyclic amines) is 1. The lowest BCUT2D eigenvalue weighted by Gasteiger charge is -2.17. The molecule has 0 aliphatic carbocycles. The largest absolute Gasteiger partial charge is 0.342 e. The van der Waals surface area contributed by atoms with E-state index in [9.17, 15) is 4.79 Å². The van der Waals surface area contributed by atoms with E-state index < -0.39 is 0 Å². The number of imidazole rings is 1. The van der Waals surface area contributed by atoms with Crippen molar-refractivity contribution in [2.75, 3.05) is 13.1 Å². The van der Waals surface area contributed by atoms with Gasteiger partial charge in [0.25, 0.3) is 0 Å². The monoisotopic (exact) mass is 297 g/mol. The van der Waals surface area contributed by atoms with Crippen LogP contribution in [0, 0.1) is 13.8 Å². The second-order valence-corrected chi connectivity index (χ2v) is 6.28. The molecule has 0 radical (unpaired) electrons. The fraction of sp³-hybridized carbons (Fsp3) is 0.444. The van der Waals surface area contributed by atoms with Crippen molar-refractivity contribution in [1.29, 1.82) is 0 Å². The molecular formula is C18H23N3O. The number of aromatic nitrogens is 2. The summed E-state index contributed by atoms with van der Waals surface area (Å²) in [7, 11) is 2.03. The van der Waals surface area contributed by atoms with E-state index in [2.05, 4.69) is 22.5 Å². The molecule has 116 valence electrons. The van der Waals surface area contributed by atoms with Crippen LogP contribution in [-0.2, 0) is 18.3 Å². The van der Waals surface area contributed by atoms with Gasteiger partial charge in [0.15, 0.2) is 0 Å². The summed E-state index contributed by atoms with van der Waals surface area (Å²) >= 11 is 0. The summed E-state index contributed by atoms with van der Waals surface area (Å²) < 4.78 is 2.09. The Hall–Kier alpha value is -2.10. The average Bonchev–Trinajstić information content (AvgIpc) is 3.08. The molecule has 1 aromatic carbocycles. The van der Waals surface area contributed by atoms with Gasteiger partial charge in [0.2, 0.25) is 5.91 Å². The van der Waals surface area contributed by atoms with E-state index in [1.54, 1.807) is 0 Å². The number of carbonyl (C=O) groups is 1. The van der Waals surface area contributed by atoms with Crippen molar-refractivity contribution in [2.45, 2.75) is 32.6 Å². The minimum atomic E-state index is 0.225. The second kappa shape index (κ2) is 5.95. The minimum Gasteiger partial charge on any atom is -0.342 e. The average molecular weight is 297 g/mol. The molecule has 1 atom stereocenters. The SMILES string of the molecule is Cc1cn(C)c(C2CCN(C(=O)Cc3ccccc3C)C2)n1. The summed E-state index contributed by atoms with van der Waals surface area (Å²) in [6.07, 6.45) is 3.55. The zero-order valence-corrected chi connectivity index (χ0v) is 13.5. The molecule has 0 bridgehead atoms. The molecule has 0 spiro atoms. The first-order chi connectivity index (χ1) is 10.5. The van der Waals surface area contributed by atoms with Gasteiger partial charge < -0.3 is 9.47 Å². The molecule has 2 heterocycles. The molecule has 1 aromatic heterocycles. The molecule has 1 saturated heterocycles. The van der Waals surface area contributed by atoms with Crippen molar-refractivity contribution in [3.8, 4) is 0 Å². The highest BCUT2D eigenvalue weighted by atomic mass is 16.2. The first kappa shape index (κ1) is 14.8. The fourth-order valence-corrected chi connectivity index (χ4v) is 3.29. The van der Waals surface area contributed by atoms with Gasteiger partial charge in [-0.15, -0.1) is 0 Å². The molecule has 1 amide bonds. The molecule has 1 aliphatic heterocycles. The number of nitrogens with zero attached hydrogens (tertiary/aromatic N) is 3. The van der Waals surface area contributed by atoms with Crippen LogP contribution < -0.4 is 0 Å². The normalized spacial score (nSPS) is 18.0. The summed E-state index contributed by atoms with van der Waals surface area (Å²) in [5.41, 5.74) is 3.36. The third kappa shape index (κ3) is 2.91. The fourth-order valence-electron chi connectivity index (χ4n) is 3.29. The molecule has 0 N–H and O–H groups in total. The maximum absolute atomic E-state index is 12.5. The van der Waals surface area contributed by atoms with Crippen LogP contribution in [0.1, 0.15) is 35.0 Å². The maximum atomic E-state index is 12.5. The first-order valence-electron chi connectivity index (χ1n) is 7.86. The molecule has 22 heavy (non-hydrogen) atoms. The van der Waals surface area contributed by atoms with Crippen molar-refractivity contribution in [3.05, 3.63) is 53.1 Å². The van der Waals surface area contributed by atoms with Crippen molar-refractivity contribution in [1.82, 2.24) is 14.5 Å². The van der Waals surface area contributed by atoms with Crippen LogP contribution in [0.2, 0.25) is 0 Å². The molecule has 0 saturated carbocycles. The van der Waals surface area contributed by atoms with Crippen LogP contribution in [0.5, 0.6) is 0 Å². The van der Waals surface area contributed by atoms with Gasteiger partial charge in [0.1, 0.15) is 5.82 Å². The van der Waals surface area contributed by atoms with Crippen LogP contribution in [0.15, 0.2) is 30.5 Å². The highest BCUT2D eigenvalue weighted by Crippen LogP contribution is 2.27. The number of amides is 1. The molecule has 1 unspecified atom stereocenters. The lowest BCUT2D eigenvalue weighted by atomic mass is 10.1.